The molecule has 1 aromatic heterocycles. The van der Waals surface area contributed by atoms with Crippen LogP contribution in [-0.2, 0) is 11.3 Å². The fraction of sp³-hybridized carbons (Fsp3) is 0.190. The molecule has 0 fully saturated rings. The zero-order valence-electron chi connectivity index (χ0n) is 14.6. The summed E-state index contributed by atoms with van der Waals surface area (Å²) in [7, 11) is 0. The van der Waals surface area contributed by atoms with Gasteiger partial charge in [0, 0.05) is 17.7 Å². The number of nitrogens with two attached hydrogens (primary N) is 1. The smallest absolute Gasteiger partial charge is 0.275 e. The fourth-order valence-electron chi connectivity index (χ4n) is 2.79. The number of aryl methyl sites for hydroxylation is 1. The minimum atomic E-state index is -0.298. The number of hydrogen-bond donors (Lipinski definition) is 2. The summed E-state index contributed by atoms with van der Waals surface area (Å²) in [5.41, 5.74) is 2.87. The Bertz CT molecular complexity index is 847. The lowest BCUT2D eigenvalue weighted by molar-refractivity contribution is -0.676. The first kappa shape index (κ1) is 18.3. The van der Waals surface area contributed by atoms with E-state index in [0.717, 1.165) is 0 Å². The van der Waals surface area contributed by atoms with Gasteiger partial charge in [-0.2, -0.15) is 0 Å². The Hall–Kier alpha value is -2.50. The summed E-state index contributed by atoms with van der Waals surface area (Å²) in [6.45, 7) is 2.54. The lowest BCUT2D eigenvalue weighted by Crippen LogP contribution is -2.87. The van der Waals surface area contributed by atoms with Crippen molar-refractivity contribution < 1.29 is 14.5 Å². The van der Waals surface area contributed by atoms with E-state index < -0.39 is 0 Å². The van der Waals surface area contributed by atoms with Crippen molar-refractivity contribution in [1.82, 2.24) is 5.32 Å². The van der Waals surface area contributed by atoms with Crippen LogP contribution in [0.2, 0.25) is 0 Å². The maximum Gasteiger partial charge on any atom is 0.275 e. The average molecular weight is 369 g/mol. The molecule has 0 spiro atoms. The van der Waals surface area contributed by atoms with Crippen molar-refractivity contribution in [2.24, 2.45) is 0 Å². The Morgan fingerprint density at radius 3 is 2.58 bits per heavy atom. The number of nitrogens with one attached hydrogen (secondary N) is 1. The van der Waals surface area contributed by atoms with Gasteiger partial charge in [0.1, 0.15) is 11.9 Å². The normalized spacial score (nSPS) is 11.9. The third-order valence-corrected chi connectivity index (χ3v) is 5.21. The molecule has 0 radical (unpaired) electrons. The third kappa shape index (κ3) is 4.77. The number of carbonyl (C=O) groups excluding carboxylic acids is 1. The molecule has 3 rings (SSSR count). The van der Waals surface area contributed by atoms with E-state index >= 15 is 0 Å². The Kier molecular flexibility index (Phi) is 6.15. The SMILES string of the molecule is Cc1ccc([C@H]([NH2+]CC(=O)NCc2ccccc2F)c2cccs2)cc1. The summed E-state index contributed by atoms with van der Waals surface area (Å²) in [4.78, 5) is 13.4. The Morgan fingerprint density at radius 1 is 1.12 bits per heavy atom. The summed E-state index contributed by atoms with van der Waals surface area (Å²) < 4.78 is 13.6. The van der Waals surface area contributed by atoms with Gasteiger partial charge in [0.25, 0.3) is 5.91 Å². The fourth-order valence-corrected chi connectivity index (χ4v) is 3.64. The van der Waals surface area contributed by atoms with E-state index in [2.05, 4.69) is 42.6 Å². The first-order valence-electron chi connectivity index (χ1n) is 8.57. The van der Waals surface area contributed by atoms with E-state index in [1.807, 2.05) is 16.8 Å². The summed E-state index contributed by atoms with van der Waals surface area (Å²) in [5.74, 6) is -0.408. The van der Waals surface area contributed by atoms with Gasteiger partial charge < -0.3 is 10.6 Å². The van der Waals surface area contributed by atoms with Crippen molar-refractivity contribution in [2.45, 2.75) is 19.5 Å². The Morgan fingerprint density at radius 2 is 1.88 bits per heavy atom. The van der Waals surface area contributed by atoms with Crippen LogP contribution in [0.1, 0.15) is 27.6 Å². The number of hydrogen-bond acceptors (Lipinski definition) is 2. The topological polar surface area (TPSA) is 45.7 Å². The zero-order valence-corrected chi connectivity index (χ0v) is 15.4. The highest BCUT2D eigenvalue weighted by Gasteiger charge is 2.20. The van der Waals surface area contributed by atoms with Crippen LogP contribution in [0.5, 0.6) is 0 Å². The predicted molar refractivity (Wildman–Crippen MR) is 102 cm³/mol. The van der Waals surface area contributed by atoms with E-state index in [0.29, 0.717) is 5.56 Å². The second-order valence-corrected chi connectivity index (χ2v) is 7.19. The molecule has 26 heavy (non-hydrogen) atoms. The van der Waals surface area contributed by atoms with Crippen molar-refractivity contribution in [3.8, 4) is 0 Å². The van der Waals surface area contributed by atoms with E-state index in [4.69, 9.17) is 0 Å². The second kappa shape index (κ2) is 8.74. The van der Waals surface area contributed by atoms with Gasteiger partial charge in [-0.1, -0.05) is 54.1 Å². The number of thiophene rings is 1. The van der Waals surface area contributed by atoms with Crippen molar-refractivity contribution in [3.63, 3.8) is 0 Å². The van der Waals surface area contributed by atoms with Gasteiger partial charge in [0.05, 0.1) is 4.88 Å². The minimum absolute atomic E-state index is 0.0785. The molecule has 134 valence electrons. The number of amides is 1. The van der Waals surface area contributed by atoms with E-state index in [9.17, 15) is 9.18 Å². The molecule has 0 saturated carbocycles. The van der Waals surface area contributed by atoms with Crippen LogP contribution >= 0.6 is 11.3 Å². The van der Waals surface area contributed by atoms with Gasteiger partial charge in [-0.25, -0.2) is 4.39 Å². The highest BCUT2D eigenvalue weighted by Crippen LogP contribution is 2.22. The maximum atomic E-state index is 13.6. The first-order valence-corrected chi connectivity index (χ1v) is 9.45. The summed E-state index contributed by atoms with van der Waals surface area (Å²) >= 11 is 1.68. The van der Waals surface area contributed by atoms with Crippen LogP contribution in [0.25, 0.3) is 0 Å². The van der Waals surface area contributed by atoms with Gasteiger partial charge in [-0.15, -0.1) is 11.3 Å². The average Bonchev–Trinajstić information content (AvgIpc) is 3.17. The molecule has 1 amide bonds. The molecule has 0 saturated heterocycles. The molecule has 2 aromatic carbocycles. The quantitative estimate of drug-likeness (QED) is 0.660. The summed E-state index contributed by atoms with van der Waals surface area (Å²) in [6.07, 6.45) is 0. The van der Waals surface area contributed by atoms with Gasteiger partial charge >= 0.3 is 0 Å². The first-order chi connectivity index (χ1) is 12.6. The monoisotopic (exact) mass is 369 g/mol. The Balaban J connectivity index is 1.61. The molecule has 0 aliphatic heterocycles. The minimum Gasteiger partial charge on any atom is -0.347 e. The second-order valence-electron chi connectivity index (χ2n) is 6.21. The number of halogens is 1. The molecule has 1 heterocycles. The molecule has 5 heteroatoms. The number of quaternary nitrogens is 1. The van der Waals surface area contributed by atoms with E-state index in [1.165, 1.54) is 22.1 Å². The summed E-state index contributed by atoms with van der Waals surface area (Å²) in [6, 6.07) is 19.1. The molecule has 0 bridgehead atoms. The van der Waals surface area contributed by atoms with Crippen LogP contribution in [0.4, 0.5) is 4.39 Å². The number of rotatable bonds is 7. The highest BCUT2D eigenvalue weighted by atomic mass is 32.1. The van der Waals surface area contributed by atoms with E-state index in [-0.39, 0.29) is 30.9 Å². The van der Waals surface area contributed by atoms with Gasteiger partial charge in [-0.3, -0.25) is 4.79 Å². The van der Waals surface area contributed by atoms with Crippen LogP contribution < -0.4 is 10.6 Å². The van der Waals surface area contributed by atoms with Crippen LogP contribution in [0, 0.1) is 12.7 Å². The van der Waals surface area contributed by atoms with E-state index in [1.54, 1.807) is 29.5 Å². The van der Waals surface area contributed by atoms with Gasteiger partial charge in [0.15, 0.2) is 6.54 Å². The number of carbonyl (C=O) groups is 1. The van der Waals surface area contributed by atoms with Gasteiger partial charge in [0.2, 0.25) is 0 Å². The zero-order chi connectivity index (χ0) is 18.4. The van der Waals surface area contributed by atoms with Crippen molar-refractivity contribution >= 4 is 17.2 Å². The molecule has 0 aliphatic carbocycles. The van der Waals surface area contributed by atoms with Crippen molar-refractivity contribution in [3.05, 3.63) is 93.4 Å². The molecule has 0 unspecified atom stereocenters. The molecular weight excluding hydrogens is 347 g/mol. The standard InChI is InChI=1S/C21H21FN2OS/c1-15-8-10-16(11-9-15)21(19-7-4-12-26-19)24-14-20(25)23-13-17-5-2-3-6-18(17)22/h2-12,21,24H,13-14H2,1H3,(H,23,25)/p+1/t21-/m0/s1. The lowest BCUT2D eigenvalue weighted by atomic mass is 10.0. The molecular formula is C21H22FN2OS+. The number of benzene rings is 2. The molecule has 0 aliphatic rings. The van der Waals surface area contributed by atoms with Crippen molar-refractivity contribution in [1.29, 1.82) is 0 Å². The predicted octanol–water partition coefficient (Wildman–Crippen LogP) is 3.16. The van der Waals surface area contributed by atoms with Crippen LogP contribution in [-0.4, -0.2) is 12.5 Å². The van der Waals surface area contributed by atoms with Crippen molar-refractivity contribution in [2.75, 3.05) is 6.54 Å². The maximum absolute atomic E-state index is 13.6. The Labute approximate surface area is 156 Å². The molecule has 3 nitrogen and oxygen atoms in total. The largest absolute Gasteiger partial charge is 0.347 e. The summed E-state index contributed by atoms with van der Waals surface area (Å²) in [5, 5.41) is 6.86. The van der Waals surface area contributed by atoms with Gasteiger partial charge in [-0.05, 0) is 24.4 Å². The molecule has 1 atom stereocenters. The van der Waals surface area contributed by atoms with Crippen LogP contribution in [0.3, 0.4) is 0 Å². The highest BCUT2D eigenvalue weighted by molar-refractivity contribution is 7.10. The van der Waals surface area contributed by atoms with Crippen LogP contribution in [0.15, 0.2) is 66.0 Å². The third-order valence-electron chi connectivity index (χ3n) is 4.26. The molecule has 3 N–H and O–H groups in total. The molecule has 3 aromatic rings. The lowest BCUT2D eigenvalue weighted by Gasteiger charge is -2.15.